The van der Waals surface area contributed by atoms with Gasteiger partial charge in [0.25, 0.3) is 0 Å². The van der Waals surface area contributed by atoms with Crippen LogP contribution in [0.5, 0.6) is 0 Å². The summed E-state index contributed by atoms with van der Waals surface area (Å²) in [5.74, 6) is 0.975. The average molecular weight is 598 g/mol. The molecule has 2 aromatic heterocycles. The van der Waals surface area contributed by atoms with Crippen molar-refractivity contribution in [2.24, 2.45) is 0 Å². The fourth-order valence-electron chi connectivity index (χ4n) is 7.33. The van der Waals surface area contributed by atoms with Crippen molar-refractivity contribution >= 4 is 55.6 Å². The maximum atomic E-state index is 15.9. The van der Waals surface area contributed by atoms with E-state index in [9.17, 15) is 0 Å². The first-order valence-electron chi connectivity index (χ1n) is 15.3. The van der Waals surface area contributed by atoms with Gasteiger partial charge in [-0.2, -0.15) is 0 Å². The Labute approximate surface area is 261 Å². The third-order valence-corrected chi connectivity index (χ3v) is 12.3. The van der Waals surface area contributed by atoms with E-state index < -0.39 is 7.14 Å². The summed E-state index contributed by atoms with van der Waals surface area (Å²) in [5.41, 5.74) is 7.24. The summed E-state index contributed by atoms with van der Waals surface area (Å²) < 4.78 is 18.1. The van der Waals surface area contributed by atoms with Crippen molar-refractivity contribution in [2.75, 3.05) is 0 Å². The van der Waals surface area contributed by atoms with Crippen molar-refractivity contribution in [2.45, 2.75) is 13.3 Å². The highest BCUT2D eigenvalue weighted by Gasteiger charge is 2.40. The van der Waals surface area contributed by atoms with E-state index in [0.717, 1.165) is 83.1 Å². The van der Waals surface area contributed by atoms with E-state index >= 15 is 4.57 Å². The van der Waals surface area contributed by atoms with Crippen LogP contribution in [0.1, 0.15) is 12.7 Å². The van der Waals surface area contributed by atoms with Gasteiger partial charge < -0.3 is 4.57 Å². The lowest BCUT2D eigenvalue weighted by Gasteiger charge is -2.30. The lowest BCUT2D eigenvalue weighted by atomic mass is 9.86. The highest BCUT2D eigenvalue weighted by atomic mass is 31.2. The van der Waals surface area contributed by atoms with Crippen molar-refractivity contribution in [3.63, 3.8) is 0 Å². The van der Waals surface area contributed by atoms with E-state index in [2.05, 4.69) is 89.3 Å². The quantitative estimate of drug-likeness (QED) is 0.151. The minimum Gasteiger partial charge on any atom is -0.308 e. The molecule has 8 aromatic rings. The minimum atomic E-state index is -3.26. The summed E-state index contributed by atoms with van der Waals surface area (Å²) in [6.45, 7) is 2.13. The van der Waals surface area contributed by atoms with Gasteiger partial charge in [0.05, 0.1) is 16.7 Å². The first kappa shape index (κ1) is 26.1. The molecule has 0 aliphatic carbocycles. The molecule has 0 spiro atoms. The topological polar surface area (TPSA) is 47.8 Å². The molecule has 3 heterocycles. The molecule has 0 fully saturated rings. The van der Waals surface area contributed by atoms with Crippen LogP contribution in [0.25, 0.3) is 60.5 Å². The van der Waals surface area contributed by atoms with Crippen molar-refractivity contribution in [3.05, 3.63) is 146 Å². The number of aromatic nitrogens is 3. The molecule has 0 saturated heterocycles. The molecule has 0 bridgehead atoms. The second kappa shape index (κ2) is 9.85. The number of nitrogens with zero attached hydrogens (tertiary/aromatic N) is 3. The van der Waals surface area contributed by atoms with Gasteiger partial charge in [0.15, 0.2) is 7.14 Å². The minimum absolute atomic E-state index is 0.774. The van der Waals surface area contributed by atoms with Gasteiger partial charge in [-0.05, 0) is 68.6 Å². The number of para-hydroxylation sites is 1. The van der Waals surface area contributed by atoms with E-state index in [0.29, 0.717) is 0 Å². The zero-order chi connectivity index (χ0) is 30.1. The zero-order valence-corrected chi connectivity index (χ0v) is 25.6. The van der Waals surface area contributed by atoms with Crippen LogP contribution in [0.2, 0.25) is 0 Å². The number of hydrogen-bond donors (Lipinski definition) is 0. The maximum Gasteiger partial charge on any atom is 0.175 e. The maximum absolute atomic E-state index is 15.9. The largest absolute Gasteiger partial charge is 0.308 e. The Bertz CT molecular complexity index is 2440. The highest BCUT2D eigenvalue weighted by Crippen LogP contribution is 2.51. The molecule has 1 aliphatic heterocycles. The zero-order valence-electron chi connectivity index (χ0n) is 24.7. The SMILES string of the molecule is CCc1nc2cccc3c2n1-c1ccc(-c2c4ccccc4c(-c4cccnc4)c4ccccc24)cc1P3(=O)c1ccccc1. The Kier molecular flexibility index (Phi) is 5.72. The van der Waals surface area contributed by atoms with E-state index in [1.165, 1.54) is 5.56 Å². The second-order valence-electron chi connectivity index (χ2n) is 11.6. The third kappa shape index (κ3) is 3.64. The summed E-state index contributed by atoms with van der Waals surface area (Å²) >= 11 is 0. The Hall–Kier alpha value is -5.31. The van der Waals surface area contributed by atoms with Crippen LogP contribution in [0, 0.1) is 0 Å². The van der Waals surface area contributed by atoms with E-state index in [-0.39, 0.29) is 0 Å². The van der Waals surface area contributed by atoms with Gasteiger partial charge in [-0.1, -0.05) is 104 Å². The normalized spacial score (nSPS) is 15.5. The number of aryl methyl sites for hydroxylation is 1. The molecule has 9 rings (SSSR count). The van der Waals surface area contributed by atoms with E-state index in [1.807, 2.05) is 67.0 Å². The lowest BCUT2D eigenvalue weighted by Crippen LogP contribution is -2.33. The molecule has 4 nitrogen and oxygen atoms in total. The van der Waals surface area contributed by atoms with Crippen LogP contribution in [0.15, 0.2) is 140 Å². The smallest absolute Gasteiger partial charge is 0.175 e. The molecular weight excluding hydrogens is 569 g/mol. The van der Waals surface area contributed by atoms with Gasteiger partial charge in [-0.25, -0.2) is 4.98 Å². The van der Waals surface area contributed by atoms with Crippen LogP contribution in [0.4, 0.5) is 0 Å². The molecule has 0 amide bonds. The van der Waals surface area contributed by atoms with Crippen molar-refractivity contribution in [1.82, 2.24) is 14.5 Å². The molecule has 45 heavy (non-hydrogen) atoms. The first-order valence-corrected chi connectivity index (χ1v) is 17.0. The van der Waals surface area contributed by atoms with Crippen LogP contribution < -0.4 is 15.9 Å². The first-order chi connectivity index (χ1) is 22.2. The Morgan fingerprint density at radius 3 is 1.96 bits per heavy atom. The fourth-order valence-corrected chi connectivity index (χ4v) is 10.4. The molecule has 6 aromatic carbocycles. The number of rotatable bonds is 4. The van der Waals surface area contributed by atoms with Gasteiger partial charge in [0, 0.05) is 40.3 Å². The number of benzene rings is 6. The molecule has 0 radical (unpaired) electrons. The second-order valence-corrected chi connectivity index (χ2v) is 14.3. The molecule has 1 atom stereocenters. The predicted octanol–water partition coefficient (Wildman–Crippen LogP) is 8.58. The molecule has 1 aliphatic rings. The molecule has 1 unspecified atom stereocenters. The van der Waals surface area contributed by atoms with Gasteiger partial charge in [0.2, 0.25) is 0 Å². The summed E-state index contributed by atoms with van der Waals surface area (Å²) in [5, 5.41) is 7.17. The summed E-state index contributed by atoms with van der Waals surface area (Å²) in [6.07, 6.45) is 4.53. The van der Waals surface area contributed by atoms with Gasteiger partial charge in [-0.15, -0.1) is 0 Å². The van der Waals surface area contributed by atoms with Crippen LogP contribution >= 0.6 is 7.14 Å². The van der Waals surface area contributed by atoms with Gasteiger partial charge in [-0.3, -0.25) is 9.55 Å². The molecular formula is C40H28N3OP. The van der Waals surface area contributed by atoms with Gasteiger partial charge >= 0.3 is 0 Å². The van der Waals surface area contributed by atoms with Crippen LogP contribution in [-0.4, -0.2) is 14.5 Å². The number of hydrogen-bond acceptors (Lipinski definition) is 3. The fraction of sp³-hybridized carbons (Fsp3) is 0.0500. The number of fused-ring (bicyclic) bond motifs is 4. The van der Waals surface area contributed by atoms with Crippen molar-refractivity contribution in [1.29, 1.82) is 0 Å². The molecule has 214 valence electrons. The summed E-state index contributed by atoms with van der Waals surface area (Å²) in [4.78, 5) is 9.45. The number of imidazole rings is 1. The van der Waals surface area contributed by atoms with Crippen LogP contribution in [0.3, 0.4) is 0 Å². The standard InChI is InChI=1S/C40H28N3OP/c1-2-37-42-33-19-10-20-35-40(33)43(37)34-22-21-26(24-36(34)45(35,44)28-13-4-3-5-14-28)38-29-15-6-8-17-31(29)39(27-12-11-23-41-25-27)32-18-9-7-16-30(32)38/h3-25H,2H2,1H3. The van der Waals surface area contributed by atoms with E-state index in [4.69, 9.17) is 4.98 Å². The predicted molar refractivity (Wildman–Crippen MR) is 187 cm³/mol. The Morgan fingerprint density at radius 2 is 1.31 bits per heavy atom. The third-order valence-electron chi connectivity index (χ3n) is 9.23. The monoisotopic (exact) mass is 597 g/mol. The Morgan fingerprint density at radius 1 is 0.644 bits per heavy atom. The van der Waals surface area contributed by atoms with Crippen molar-refractivity contribution in [3.8, 4) is 27.9 Å². The summed E-state index contributed by atoms with van der Waals surface area (Å²) in [7, 11) is -3.26. The Balaban J connectivity index is 1.41. The van der Waals surface area contributed by atoms with Gasteiger partial charge in [0.1, 0.15) is 5.82 Å². The summed E-state index contributed by atoms with van der Waals surface area (Å²) in [6, 6.07) is 44.0. The molecule has 5 heteroatoms. The van der Waals surface area contributed by atoms with E-state index in [1.54, 1.807) is 0 Å². The number of pyridine rings is 1. The average Bonchev–Trinajstić information content (AvgIpc) is 3.49. The van der Waals surface area contributed by atoms with Crippen molar-refractivity contribution < 1.29 is 4.57 Å². The van der Waals surface area contributed by atoms with Crippen LogP contribution in [-0.2, 0) is 11.0 Å². The molecule has 0 N–H and O–H groups in total. The lowest BCUT2D eigenvalue weighted by molar-refractivity contribution is 0.592. The molecule has 0 saturated carbocycles. The highest BCUT2D eigenvalue weighted by molar-refractivity contribution is 7.86.